The van der Waals surface area contributed by atoms with Gasteiger partial charge in [0.15, 0.2) is 5.79 Å². The molecule has 6 heteroatoms. The Kier molecular flexibility index (Phi) is 3.74. The number of aromatic hydroxyl groups is 1. The van der Waals surface area contributed by atoms with Crippen molar-refractivity contribution in [1.82, 2.24) is 0 Å². The van der Waals surface area contributed by atoms with Crippen LogP contribution in [-0.4, -0.2) is 35.6 Å². The minimum atomic E-state index is -0.739. The summed E-state index contributed by atoms with van der Waals surface area (Å²) in [6.07, 6.45) is -0.430. The summed E-state index contributed by atoms with van der Waals surface area (Å²) in [6.45, 7) is 5.82. The van der Waals surface area contributed by atoms with Crippen LogP contribution in [-0.2, 0) is 19.0 Å². The Hall–Kier alpha value is -1.79. The minimum absolute atomic E-state index is 0.177. The summed E-state index contributed by atoms with van der Waals surface area (Å²) in [5.41, 5.74) is 1.69. The van der Waals surface area contributed by atoms with Crippen molar-refractivity contribution in [2.75, 3.05) is 11.9 Å². The van der Waals surface area contributed by atoms with E-state index in [1.807, 2.05) is 13.8 Å². The first kappa shape index (κ1) is 15.1. The average Bonchev–Trinajstić information content (AvgIpc) is 2.76. The molecule has 6 nitrogen and oxygen atoms in total. The Labute approximate surface area is 129 Å². The number of carbonyl (C=O) groups is 1. The van der Waals surface area contributed by atoms with Gasteiger partial charge in [0.2, 0.25) is 0 Å². The van der Waals surface area contributed by atoms with Crippen molar-refractivity contribution in [2.24, 2.45) is 0 Å². The lowest BCUT2D eigenvalue weighted by Crippen LogP contribution is -2.43. The van der Waals surface area contributed by atoms with E-state index in [1.165, 1.54) is 0 Å². The highest BCUT2D eigenvalue weighted by atomic mass is 16.8. The van der Waals surface area contributed by atoms with Crippen molar-refractivity contribution in [3.63, 3.8) is 0 Å². The molecule has 1 fully saturated rings. The molecule has 2 aliphatic rings. The highest BCUT2D eigenvalue weighted by Gasteiger charge is 2.49. The predicted octanol–water partition coefficient (Wildman–Crippen LogP) is 2.33. The zero-order valence-corrected chi connectivity index (χ0v) is 13.0. The van der Waals surface area contributed by atoms with Gasteiger partial charge >= 0.3 is 5.97 Å². The highest BCUT2D eigenvalue weighted by molar-refractivity contribution is 5.72. The molecule has 1 saturated heterocycles. The molecule has 0 spiro atoms. The number of hydrogen-bond acceptors (Lipinski definition) is 6. The summed E-state index contributed by atoms with van der Waals surface area (Å²) in [7, 11) is 0. The molecule has 0 bridgehead atoms. The highest BCUT2D eigenvalue weighted by Crippen LogP contribution is 2.47. The third-order valence-corrected chi connectivity index (χ3v) is 3.90. The van der Waals surface area contributed by atoms with E-state index in [0.29, 0.717) is 6.61 Å². The molecule has 3 rings (SSSR count). The summed E-state index contributed by atoms with van der Waals surface area (Å²) in [5, 5.41) is 13.0. The molecule has 1 aromatic rings. The van der Waals surface area contributed by atoms with Crippen LogP contribution in [0.4, 0.5) is 5.69 Å². The zero-order chi connectivity index (χ0) is 15.9. The Morgan fingerprint density at radius 3 is 2.91 bits per heavy atom. The molecular formula is C16H21NO5. The van der Waals surface area contributed by atoms with Gasteiger partial charge in [-0.1, -0.05) is 0 Å². The van der Waals surface area contributed by atoms with E-state index in [0.717, 1.165) is 11.3 Å². The first-order chi connectivity index (χ1) is 10.4. The SMILES string of the molecule is CCOC(=O)C[C@@H]1Nc2ccc(O)cc2[C@@H]2OC(C)(C)O[C@@H]12. The topological polar surface area (TPSA) is 77.0 Å². The number of benzene rings is 1. The van der Waals surface area contributed by atoms with E-state index >= 15 is 0 Å². The Bertz CT molecular complexity index is 586. The van der Waals surface area contributed by atoms with Crippen LogP contribution in [0.3, 0.4) is 0 Å². The molecule has 0 radical (unpaired) electrons. The average molecular weight is 307 g/mol. The molecule has 0 aliphatic carbocycles. The van der Waals surface area contributed by atoms with Gasteiger partial charge < -0.3 is 24.6 Å². The Morgan fingerprint density at radius 2 is 2.18 bits per heavy atom. The van der Waals surface area contributed by atoms with E-state index < -0.39 is 5.79 Å². The van der Waals surface area contributed by atoms with Crippen molar-refractivity contribution in [3.8, 4) is 5.75 Å². The molecule has 0 saturated carbocycles. The van der Waals surface area contributed by atoms with Crippen LogP contribution in [0.2, 0.25) is 0 Å². The second kappa shape index (κ2) is 5.44. The fraction of sp³-hybridized carbons (Fsp3) is 0.562. The molecule has 3 atom stereocenters. The van der Waals surface area contributed by atoms with Gasteiger partial charge in [-0.25, -0.2) is 0 Å². The number of fused-ring (bicyclic) bond motifs is 3. The van der Waals surface area contributed by atoms with Crippen molar-refractivity contribution in [1.29, 1.82) is 0 Å². The van der Waals surface area contributed by atoms with E-state index in [4.69, 9.17) is 14.2 Å². The van der Waals surface area contributed by atoms with Crippen molar-refractivity contribution in [3.05, 3.63) is 23.8 Å². The smallest absolute Gasteiger partial charge is 0.307 e. The number of ether oxygens (including phenoxy) is 3. The zero-order valence-electron chi connectivity index (χ0n) is 13.0. The van der Waals surface area contributed by atoms with Gasteiger partial charge in [-0.2, -0.15) is 0 Å². The van der Waals surface area contributed by atoms with Crippen LogP contribution < -0.4 is 5.32 Å². The monoisotopic (exact) mass is 307 g/mol. The number of carbonyl (C=O) groups excluding carboxylic acids is 1. The van der Waals surface area contributed by atoms with Gasteiger partial charge in [0.1, 0.15) is 18.0 Å². The molecule has 0 amide bonds. The summed E-state index contributed by atoms with van der Waals surface area (Å²) in [4.78, 5) is 11.8. The summed E-state index contributed by atoms with van der Waals surface area (Å²) < 4.78 is 17.0. The third kappa shape index (κ3) is 2.76. The minimum Gasteiger partial charge on any atom is -0.508 e. The number of nitrogens with one attached hydrogen (secondary N) is 1. The number of anilines is 1. The molecule has 2 heterocycles. The maximum absolute atomic E-state index is 11.8. The summed E-state index contributed by atoms with van der Waals surface area (Å²) >= 11 is 0. The first-order valence-electron chi connectivity index (χ1n) is 7.50. The predicted molar refractivity (Wildman–Crippen MR) is 79.5 cm³/mol. The van der Waals surface area contributed by atoms with Crippen LogP contribution >= 0.6 is 0 Å². The summed E-state index contributed by atoms with van der Waals surface area (Å²) in [6, 6.07) is 4.83. The van der Waals surface area contributed by atoms with Crippen LogP contribution in [0.1, 0.15) is 38.9 Å². The second-order valence-corrected chi connectivity index (χ2v) is 6.05. The molecule has 2 N–H and O–H groups in total. The lowest BCUT2D eigenvalue weighted by molar-refractivity contribution is -0.151. The van der Waals surface area contributed by atoms with Crippen LogP contribution in [0.15, 0.2) is 18.2 Å². The fourth-order valence-corrected chi connectivity index (χ4v) is 3.09. The lowest BCUT2D eigenvalue weighted by atomic mass is 9.90. The van der Waals surface area contributed by atoms with E-state index in [2.05, 4.69) is 5.32 Å². The number of hydrogen-bond donors (Lipinski definition) is 2. The van der Waals surface area contributed by atoms with Gasteiger partial charge in [0.25, 0.3) is 0 Å². The maximum Gasteiger partial charge on any atom is 0.307 e. The maximum atomic E-state index is 11.8. The number of phenols is 1. The van der Waals surface area contributed by atoms with E-state index in [-0.39, 0.29) is 36.4 Å². The standard InChI is InChI=1S/C16H21NO5/c1-4-20-13(19)8-12-15-14(21-16(2,3)22-15)10-7-9(18)5-6-11(10)17-12/h5-7,12,14-15,17-18H,4,8H2,1-3H3/t12-,14-,15-/m0/s1. The second-order valence-electron chi connectivity index (χ2n) is 6.05. The van der Waals surface area contributed by atoms with Gasteiger partial charge in [0, 0.05) is 11.3 Å². The van der Waals surface area contributed by atoms with Crippen LogP contribution in [0.25, 0.3) is 0 Å². The van der Waals surface area contributed by atoms with Gasteiger partial charge in [-0.05, 0) is 39.0 Å². The Morgan fingerprint density at radius 1 is 1.41 bits per heavy atom. The molecular weight excluding hydrogens is 286 g/mol. The molecule has 120 valence electrons. The van der Waals surface area contributed by atoms with Crippen LogP contribution in [0.5, 0.6) is 5.75 Å². The number of esters is 1. The van der Waals surface area contributed by atoms with E-state index in [9.17, 15) is 9.90 Å². The third-order valence-electron chi connectivity index (χ3n) is 3.90. The van der Waals surface area contributed by atoms with Crippen molar-refractivity contribution >= 4 is 11.7 Å². The normalized spacial score (nSPS) is 28.4. The van der Waals surface area contributed by atoms with Crippen LogP contribution in [0, 0.1) is 0 Å². The molecule has 0 unspecified atom stereocenters. The van der Waals surface area contributed by atoms with Crippen molar-refractivity contribution in [2.45, 2.75) is 51.2 Å². The molecule has 22 heavy (non-hydrogen) atoms. The first-order valence-corrected chi connectivity index (χ1v) is 7.50. The number of phenolic OH excluding ortho intramolecular Hbond substituents is 1. The largest absolute Gasteiger partial charge is 0.508 e. The molecule has 2 aliphatic heterocycles. The summed E-state index contributed by atoms with van der Waals surface area (Å²) in [5.74, 6) is -0.831. The van der Waals surface area contributed by atoms with E-state index in [1.54, 1.807) is 25.1 Å². The number of rotatable bonds is 3. The molecule has 1 aromatic carbocycles. The quantitative estimate of drug-likeness (QED) is 0.659. The lowest BCUT2D eigenvalue weighted by Gasteiger charge is -2.34. The van der Waals surface area contributed by atoms with Gasteiger partial charge in [0.05, 0.1) is 19.1 Å². The van der Waals surface area contributed by atoms with Gasteiger partial charge in [-0.15, -0.1) is 0 Å². The van der Waals surface area contributed by atoms with Gasteiger partial charge in [-0.3, -0.25) is 4.79 Å². The Balaban J connectivity index is 1.91. The molecule has 0 aromatic heterocycles. The van der Waals surface area contributed by atoms with Crippen molar-refractivity contribution < 1.29 is 24.1 Å². The fourth-order valence-electron chi connectivity index (χ4n) is 3.09.